The van der Waals surface area contributed by atoms with Crippen molar-refractivity contribution in [1.29, 1.82) is 0 Å². The fourth-order valence-electron chi connectivity index (χ4n) is 3.54. The highest BCUT2D eigenvalue weighted by molar-refractivity contribution is 7.93. The second-order valence-electron chi connectivity index (χ2n) is 7.25. The van der Waals surface area contributed by atoms with E-state index in [2.05, 4.69) is 16.6 Å². The number of carbonyl (C=O) groups excluding carboxylic acids is 1. The van der Waals surface area contributed by atoms with Crippen LogP contribution in [-0.4, -0.2) is 31.7 Å². The van der Waals surface area contributed by atoms with E-state index in [0.717, 1.165) is 0 Å². The predicted molar refractivity (Wildman–Crippen MR) is 116 cm³/mol. The van der Waals surface area contributed by atoms with Gasteiger partial charge in [0.05, 0.1) is 28.9 Å². The second kappa shape index (κ2) is 9.62. The molecule has 0 spiro atoms. The van der Waals surface area contributed by atoms with Gasteiger partial charge in [-0.1, -0.05) is 30.0 Å². The fourth-order valence-corrected chi connectivity index (χ4v) is 5.05. The molecule has 162 valence electrons. The maximum absolute atomic E-state index is 12.8. The Hall–Kier alpha value is -3.38. The van der Waals surface area contributed by atoms with Crippen LogP contribution in [0.5, 0.6) is 0 Å². The topological polar surface area (TPSA) is 116 Å². The van der Waals surface area contributed by atoms with Crippen molar-refractivity contribution in [3.05, 3.63) is 69.8 Å². The predicted octanol–water partition coefficient (Wildman–Crippen LogP) is 3.47. The van der Waals surface area contributed by atoms with E-state index in [9.17, 15) is 23.3 Å². The minimum atomic E-state index is -3.76. The van der Waals surface area contributed by atoms with Crippen LogP contribution in [-0.2, 0) is 19.6 Å². The molecule has 31 heavy (non-hydrogen) atoms. The Morgan fingerprint density at radius 2 is 1.77 bits per heavy atom. The van der Waals surface area contributed by atoms with E-state index in [0.29, 0.717) is 31.2 Å². The summed E-state index contributed by atoms with van der Waals surface area (Å²) in [6.45, 7) is 0. The summed E-state index contributed by atoms with van der Waals surface area (Å²) in [6, 6.07) is 13.1. The molecule has 2 aromatic carbocycles. The summed E-state index contributed by atoms with van der Waals surface area (Å²) in [4.78, 5) is 22.5. The third kappa shape index (κ3) is 5.61. The van der Waals surface area contributed by atoms with E-state index in [4.69, 9.17) is 4.74 Å². The van der Waals surface area contributed by atoms with Crippen molar-refractivity contribution < 1.29 is 22.9 Å². The van der Waals surface area contributed by atoms with Crippen LogP contribution in [0.15, 0.2) is 48.5 Å². The number of esters is 1. The third-order valence-electron chi connectivity index (χ3n) is 5.22. The van der Waals surface area contributed by atoms with Gasteiger partial charge in [-0.15, -0.1) is 0 Å². The number of rotatable bonds is 5. The van der Waals surface area contributed by atoms with Crippen molar-refractivity contribution in [2.24, 2.45) is 5.92 Å². The Labute approximate surface area is 180 Å². The number of hydrogen-bond acceptors (Lipinski definition) is 6. The first-order chi connectivity index (χ1) is 14.8. The lowest BCUT2D eigenvalue weighted by Crippen LogP contribution is -2.33. The average Bonchev–Trinajstić information content (AvgIpc) is 2.78. The normalized spacial score (nSPS) is 18.4. The van der Waals surface area contributed by atoms with Crippen LogP contribution in [0.2, 0.25) is 0 Å². The van der Waals surface area contributed by atoms with Crippen LogP contribution in [0.3, 0.4) is 0 Å². The zero-order valence-electron chi connectivity index (χ0n) is 16.9. The Bertz CT molecular complexity index is 1130. The van der Waals surface area contributed by atoms with Crippen molar-refractivity contribution in [2.45, 2.75) is 30.9 Å². The lowest BCUT2D eigenvalue weighted by atomic mass is 9.89. The zero-order valence-corrected chi connectivity index (χ0v) is 17.7. The molecule has 0 bridgehead atoms. The van der Waals surface area contributed by atoms with E-state index in [1.54, 1.807) is 12.1 Å². The summed E-state index contributed by atoms with van der Waals surface area (Å²) in [5, 5.41) is 10.8. The van der Waals surface area contributed by atoms with Crippen molar-refractivity contribution in [1.82, 2.24) is 0 Å². The number of sulfonamides is 1. The monoisotopic (exact) mass is 442 g/mol. The highest BCUT2D eigenvalue weighted by atomic mass is 32.2. The molecule has 0 heterocycles. The number of hydrogen-bond donors (Lipinski definition) is 1. The molecular weight excluding hydrogens is 420 g/mol. The molecule has 1 aliphatic rings. The van der Waals surface area contributed by atoms with Crippen molar-refractivity contribution >= 4 is 27.4 Å². The molecule has 0 aromatic heterocycles. The number of nitro groups is 1. The Morgan fingerprint density at radius 3 is 2.39 bits per heavy atom. The number of carbonyl (C=O) groups is 1. The summed E-state index contributed by atoms with van der Waals surface area (Å²) in [7, 11) is -2.45. The van der Waals surface area contributed by atoms with E-state index in [1.807, 2.05) is 18.2 Å². The van der Waals surface area contributed by atoms with Crippen LogP contribution in [0.25, 0.3) is 0 Å². The minimum Gasteiger partial charge on any atom is -0.469 e. The molecule has 2 aromatic rings. The molecular formula is C22H22N2O6S. The Balaban J connectivity index is 1.76. The van der Waals surface area contributed by atoms with Gasteiger partial charge in [0.25, 0.3) is 5.69 Å². The average molecular weight is 442 g/mol. The summed E-state index contributed by atoms with van der Waals surface area (Å²) in [6.07, 6.45) is 1.48. The fraction of sp³-hybridized carbons (Fsp3) is 0.318. The van der Waals surface area contributed by atoms with E-state index < -0.39 is 20.2 Å². The van der Waals surface area contributed by atoms with Crippen LogP contribution >= 0.6 is 0 Å². The van der Waals surface area contributed by atoms with Crippen molar-refractivity contribution in [3.8, 4) is 11.8 Å². The number of methoxy groups -OCH3 is 1. The molecule has 0 aliphatic heterocycles. The molecule has 1 saturated carbocycles. The SMILES string of the molecule is COC(=O)C1CCC(S(=O)(=O)Nc2ccc(C#Cc3ccccc3)c([N+](=O)[O-])c2)CC1. The van der Waals surface area contributed by atoms with Gasteiger partial charge in [-0.3, -0.25) is 19.6 Å². The molecule has 0 unspecified atom stereocenters. The standard InChI is InChI=1S/C22H22N2O6S/c1-30-22(25)18-10-13-20(14-11-18)31(28,29)23-19-12-9-17(21(15-19)24(26)27)8-7-16-5-3-2-4-6-16/h2-6,9,12,15,18,20,23H,10-11,13-14H2,1H3. The number of nitrogens with one attached hydrogen (secondary N) is 1. The molecule has 0 radical (unpaired) electrons. The van der Waals surface area contributed by atoms with Gasteiger partial charge >= 0.3 is 5.97 Å². The number of nitrogens with zero attached hydrogens (tertiary/aromatic N) is 1. The Kier molecular flexibility index (Phi) is 6.92. The van der Waals surface area contributed by atoms with Gasteiger partial charge in [0.2, 0.25) is 10.0 Å². The molecule has 8 nitrogen and oxygen atoms in total. The van der Waals surface area contributed by atoms with E-state index in [-0.39, 0.29) is 28.8 Å². The molecule has 0 saturated heterocycles. The lowest BCUT2D eigenvalue weighted by molar-refractivity contribution is -0.385. The smallest absolute Gasteiger partial charge is 0.308 e. The van der Waals surface area contributed by atoms with Gasteiger partial charge in [-0.05, 0) is 49.9 Å². The second-order valence-corrected chi connectivity index (χ2v) is 9.21. The Morgan fingerprint density at radius 1 is 1.10 bits per heavy atom. The highest BCUT2D eigenvalue weighted by Crippen LogP contribution is 2.31. The zero-order chi connectivity index (χ0) is 22.4. The summed E-state index contributed by atoms with van der Waals surface area (Å²) >= 11 is 0. The largest absolute Gasteiger partial charge is 0.469 e. The first-order valence-corrected chi connectivity index (χ1v) is 11.3. The summed E-state index contributed by atoms with van der Waals surface area (Å²) in [5.41, 5.74) is 0.726. The minimum absolute atomic E-state index is 0.104. The van der Waals surface area contributed by atoms with E-state index >= 15 is 0 Å². The first kappa shape index (κ1) is 22.3. The molecule has 3 rings (SSSR count). The number of ether oxygens (including phenoxy) is 1. The quantitative estimate of drug-likeness (QED) is 0.328. The van der Waals surface area contributed by atoms with Crippen molar-refractivity contribution in [2.75, 3.05) is 11.8 Å². The molecule has 1 N–H and O–H groups in total. The first-order valence-electron chi connectivity index (χ1n) is 9.75. The maximum Gasteiger partial charge on any atom is 0.308 e. The molecule has 0 atom stereocenters. The summed E-state index contributed by atoms with van der Waals surface area (Å²) in [5.74, 6) is 5.02. The molecule has 9 heteroatoms. The van der Waals surface area contributed by atoms with Crippen LogP contribution in [0, 0.1) is 27.9 Å². The van der Waals surface area contributed by atoms with Gasteiger partial charge < -0.3 is 4.74 Å². The molecule has 0 amide bonds. The van der Waals surface area contributed by atoms with Gasteiger partial charge in [0, 0.05) is 11.6 Å². The van der Waals surface area contributed by atoms with Crippen molar-refractivity contribution in [3.63, 3.8) is 0 Å². The third-order valence-corrected chi connectivity index (χ3v) is 7.09. The molecule has 1 fully saturated rings. The maximum atomic E-state index is 12.8. The lowest BCUT2D eigenvalue weighted by Gasteiger charge is -2.27. The number of benzene rings is 2. The van der Waals surface area contributed by atoms with Gasteiger partial charge in [-0.2, -0.15) is 0 Å². The van der Waals surface area contributed by atoms with Gasteiger partial charge in [0.15, 0.2) is 0 Å². The van der Waals surface area contributed by atoms with Gasteiger partial charge in [0.1, 0.15) is 5.56 Å². The summed E-state index contributed by atoms with van der Waals surface area (Å²) < 4.78 is 32.7. The van der Waals surface area contributed by atoms with Gasteiger partial charge in [-0.25, -0.2) is 8.42 Å². The molecule has 1 aliphatic carbocycles. The van der Waals surface area contributed by atoms with E-state index in [1.165, 1.54) is 25.3 Å². The number of nitro benzene ring substituents is 1. The van der Waals surface area contributed by atoms with Crippen LogP contribution in [0.1, 0.15) is 36.8 Å². The van der Waals surface area contributed by atoms with Crippen LogP contribution < -0.4 is 4.72 Å². The van der Waals surface area contributed by atoms with Crippen LogP contribution in [0.4, 0.5) is 11.4 Å². The highest BCUT2D eigenvalue weighted by Gasteiger charge is 2.34. The number of anilines is 1.